The highest BCUT2D eigenvalue weighted by atomic mass is 16.2. The van der Waals surface area contributed by atoms with Gasteiger partial charge in [-0.15, -0.1) is 0 Å². The van der Waals surface area contributed by atoms with Crippen LogP contribution in [0.2, 0.25) is 0 Å². The molecule has 5 rings (SSSR count). The second-order valence-electron chi connectivity index (χ2n) is 10.7. The van der Waals surface area contributed by atoms with Crippen LogP contribution in [0.3, 0.4) is 0 Å². The van der Waals surface area contributed by atoms with Crippen LogP contribution in [-0.4, -0.2) is 38.3 Å². The van der Waals surface area contributed by atoms with E-state index in [1.54, 1.807) is 10.5 Å². The van der Waals surface area contributed by atoms with E-state index in [-0.39, 0.29) is 11.5 Å². The molecule has 2 aromatic heterocycles. The van der Waals surface area contributed by atoms with Crippen molar-refractivity contribution in [2.75, 3.05) is 16.8 Å². The third-order valence-corrected chi connectivity index (χ3v) is 7.65. The Kier molecular flexibility index (Phi) is 8.37. The maximum absolute atomic E-state index is 13.5. The van der Waals surface area contributed by atoms with Crippen LogP contribution in [0.1, 0.15) is 50.2 Å². The van der Waals surface area contributed by atoms with Crippen molar-refractivity contribution < 1.29 is 4.79 Å². The largest absolute Gasteiger partial charge is 0.385 e. The lowest BCUT2D eigenvalue weighted by molar-refractivity contribution is -0.117. The number of nitrogens with zero attached hydrogens (tertiary/aromatic N) is 5. The number of hydrogen-bond acceptors (Lipinski definition) is 6. The SMILES string of the molecule is CCCCCn1c(N2CCCC2C(=O)Nc2ccc(C/C(N)=N/N)cc2)cc(=O)n2cc(-c3ccc(C)cc3)nc12. The van der Waals surface area contributed by atoms with E-state index in [1.807, 2.05) is 61.7 Å². The van der Waals surface area contributed by atoms with Crippen molar-refractivity contribution in [2.45, 2.75) is 65.0 Å². The molecule has 0 radical (unpaired) electrons. The number of carbonyl (C=O) groups is 1. The number of amides is 1. The Morgan fingerprint density at radius 3 is 2.59 bits per heavy atom. The van der Waals surface area contributed by atoms with E-state index in [0.29, 0.717) is 43.2 Å². The Hall–Kier alpha value is -4.60. The Bertz CT molecular complexity index is 1600. The van der Waals surface area contributed by atoms with Crippen LogP contribution in [-0.2, 0) is 17.8 Å². The van der Waals surface area contributed by atoms with Gasteiger partial charge in [0.2, 0.25) is 11.7 Å². The quantitative estimate of drug-likeness (QED) is 0.0890. The van der Waals surface area contributed by atoms with E-state index < -0.39 is 6.04 Å². The first-order chi connectivity index (χ1) is 19.9. The third kappa shape index (κ3) is 6.11. The van der Waals surface area contributed by atoms with Crippen molar-refractivity contribution in [3.63, 3.8) is 0 Å². The van der Waals surface area contributed by atoms with Crippen LogP contribution in [0.15, 0.2) is 70.7 Å². The molecule has 1 saturated heterocycles. The van der Waals surface area contributed by atoms with Crippen LogP contribution in [0.25, 0.3) is 17.0 Å². The summed E-state index contributed by atoms with van der Waals surface area (Å²) in [6.45, 7) is 5.60. The van der Waals surface area contributed by atoms with Crippen LogP contribution >= 0.6 is 0 Å². The first kappa shape index (κ1) is 27.9. The van der Waals surface area contributed by atoms with Gasteiger partial charge in [-0.3, -0.25) is 18.6 Å². The molecule has 1 fully saturated rings. The lowest BCUT2D eigenvalue weighted by atomic mass is 10.1. The summed E-state index contributed by atoms with van der Waals surface area (Å²) in [4.78, 5) is 33.9. The summed E-state index contributed by atoms with van der Waals surface area (Å²) in [5.74, 6) is 6.82. The molecule has 5 N–H and O–H groups in total. The van der Waals surface area contributed by atoms with Gasteiger partial charge in [0.1, 0.15) is 17.7 Å². The second-order valence-corrected chi connectivity index (χ2v) is 10.7. The molecule has 1 amide bonds. The van der Waals surface area contributed by atoms with Gasteiger partial charge < -0.3 is 21.8 Å². The summed E-state index contributed by atoms with van der Waals surface area (Å²) in [6.07, 6.45) is 6.90. The van der Waals surface area contributed by atoms with Crippen molar-refractivity contribution in [1.29, 1.82) is 0 Å². The van der Waals surface area contributed by atoms with E-state index in [0.717, 1.165) is 48.3 Å². The molecule has 10 nitrogen and oxygen atoms in total. The Morgan fingerprint density at radius 1 is 1.12 bits per heavy atom. The summed E-state index contributed by atoms with van der Waals surface area (Å²) < 4.78 is 3.73. The van der Waals surface area contributed by atoms with E-state index in [1.165, 1.54) is 5.56 Å². The molecule has 41 heavy (non-hydrogen) atoms. The monoisotopic (exact) mass is 554 g/mol. The standard InChI is InChI=1S/C31H38N8O2/c1-3-4-5-16-38-28(19-29(40)39-20-25(35-31(38)39)23-12-8-21(2)9-13-23)37-17-6-7-26(37)30(41)34-24-14-10-22(11-15-24)18-27(32)36-33/h8-15,19-20,26H,3-7,16-18,33H2,1-2H3,(H2,32,36)(H,34,41). The average Bonchev–Trinajstić information content (AvgIpc) is 3.64. The van der Waals surface area contributed by atoms with Gasteiger partial charge in [-0.25, -0.2) is 4.98 Å². The fraction of sp³-hybridized carbons (Fsp3) is 0.355. The van der Waals surface area contributed by atoms with Gasteiger partial charge in [0.15, 0.2) is 0 Å². The Balaban J connectivity index is 1.46. The van der Waals surface area contributed by atoms with Gasteiger partial charge in [-0.05, 0) is 43.9 Å². The highest BCUT2D eigenvalue weighted by Crippen LogP contribution is 2.29. The highest BCUT2D eigenvalue weighted by molar-refractivity contribution is 5.97. The molecule has 214 valence electrons. The van der Waals surface area contributed by atoms with E-state index in [9.17, 15) is 9.59 Å². The molecule has 0 saturated carbocycles. The first-order valence-electron chi connectivity index (χ1n) is 14.3. The number of rotatable bonds is 10. The fourth-order valence-electron chi connectivity index (χ4n) is 5.42. The number of nitrogens with one attached hydrogen (secondary N) is 1. The van der Waals surface area contributed by atoms with Crippen molar-refractivity contribution in [1.82, 2.24) is 14.0 Å². The van der Waals surface area contributed by atoms with Gasteiger partial charge in [0.25, 0.3) is 5.56 Å². The molecule has 0 aliphatic carbocycles. The zero-order valence-corrected chi connectivity index (χ0v) is 23.7. The number of fused-ring (bicyclic) bond motifs is 1. The molecular formula is C31H38N8O2. The predicted molar refractivity (Wildman–Crippen MR) is 164 cm³/mol. The number of amidine groups is 1. The molecule has 3 heterocycles. The molecule has 1 aliphatic heterocycles. The lowest BCUT2D eigenvalue weighted by Gasteiger charge is -2.29. The number of nitrogens with two attached hydrogens (primary N) is 2. The summed E-state index contributed by atoms with van der Waals surface area (Å²) >= 11 is 0. The molecule has 10 heteroatoms. The number of benzene rings is 2. The number of imidazole rings is 1. The summed E-state index contributed by atoms with van der Waals surface area (Å²) in [6, 6.07) is 16.9. The Morgan fingerprint density at radius 2 is 1.88 bits per heavy atom. The third-order valence-electron chi connectivity index (χ3n) is 7.65. The lowest BCUT2D eigenvalue weighted by Crippen LogP contribution is -2.42. The summed E-state index contributed by atoms with van der Waals surface area (Å²) in [5.41, 5.74) is 10.1. The number of hydrogen-bond donors (Lipinski definition) is 3. The number of aromatic nitrogens is 3. The van der Waals surface area contributed by atoms with Gasteiger partial charge in [0.05, 0.1) is 5.69 Å². The van der Waals surface area contributed by atoms with E-state index in [2.05, 4.69) is 26.8 Å². The van der Waals surface area contributed by atoms with Crippen molar-refractivity contribution in [2.24, 2.45) is 16.7 Å². The van der Waals surface area contributed by atoms with Crippen molar-refractivity contribution in [3.8, 4) is 11.3 Å². The molecule has 1 aliphatic rings. The molecule has 1 unspecified atom stereocenters. The molecule has 1 atom stereocenters. The number of hydrazone groups is 1. The minimum atomic E-state index is -0.402. The zero-order valence-electron chi connectivity index (χ0n) is 23.7. The van der Waals surface area contributed by atoms with Crippen LogP contribution in [0.4, 0.5) is 11.5 Å². The maximum Gasteiger partial charge on any atom is 0.261 e. The van der Waals surface area contributed by atoms with E-state index in [4.69, 9.17) is 16.6 Å². The van der Waals surface area contributed by atoms with Gasteiger partial charge in [-0.1, -0.05) is 61.7 Å². The number of anilines is 2. The van der Waals surface area contributed by atoms with Gasteiger partial charge in [-0.2, -0.15) is 5.10 Å². The fourth-order valence-corrected chi connectivity index (χ4v) is 5.42. The first-order valence-corrected chi connectivity index (χ1v) is 14.3. The number of unbranched alkanes of at least 4 members (excludes halogenated alkanes) is 2. The smallest absolute Gasteiger partial charge is 0.261 e. The molecule has 2 aromatic carbocycles. The van der Waals surface area contributed by atoms with E-state index >= 15 is 0 Å². The van der Waals surface area contributed by atoms with Crippen molar-refractivity contribution >= 4 is 29.0 Å². The zero-order chi connectivity index (χ0) is 28.9. The highest BCUT2D eigenvalue weighted by Gasteiger charge is 2.33. The number of carbonyl (C=O) groups excluding carboxylic acids is 1. The van der Waals surface area contributed by atoms with Crippen LogP contribution in [0.5, 0.6) is 0 Å². The van der Waals surface area contributed by atoms with Crippen molar-refractivity contribution in [3.05, 3.63) is 82.3 Å². The van der Waals surface area contributed by atoms with Crippen LogP contribution < -0.4 is 27.4 Å². The Labute approximate surface area is 239 Å². The average molecular weight is 555 g/mol. The number of aryl methyl sites for hydroxylation is 2. The minimum Gasteiger partial charge on any atom is -0.385 e. The van der Waals surface area contributed by atoms with Crippen LogP contribution in [0, 0.1) is 6.92 Å². The molecule has 0 spiro atoms. The summed E-state index contributed by atoms with van der Waals surface area (Å²) in [7, 11) is 0. The van der Waals surface area contributed by atoms with Gasteiger partial charge >= 0.3 is 0 Å². The molecule has 4 aromatic rings. The second kappa shape index (κ2) is 12.3. The minimum absolute atomic E-state index is 0.102. The normalized spacial score (nSPS) is 15.5. The predicted octanol–water partition coefficient (Wildman–Crippen LogP) is 4.04. The molecule has 0 bridgehead atoms. The summed E-state index contributed by atoms with van der Waals surface area (Å²) in [5, 5.41) is 6.57. The topological polar surface area (TPSA) is 136 Å². The maximum atomic E-state index is 13.5. The molecular weight excluding hydrogens is 516 g/mol. The van der Waals surface area contributed by atoms with Gasteiger partial charge in [0, 0.05) is 43.0 Å².